The highest BCUT2D eigenvalue weighted by Crippen LogP contribution is 2.26. The van der Waals surface area contributed by atoms with E-state index in [9.17, 15) is 9.59 Å². The Bertz CT molecular complexity index is 559. The van der Waals surface area contributed by atoms with Crippen LogP contribution in [0.2, 0.25) is 0 Å². The number of nitrogens with two attached hydrogens (primary N) is 1. The first-order valence-electron chi connectivity index (χ1n) is 6.51. The largest absolute Gasteiger partial charge is 0.427 e. The Labute approximate surface area is 123 Å². The fraction of sp³-hybridized carbons (Fsp3) is 0.357. The average Bonchev–Trinajstić information content (AvgIpc) is 2.33. The van der Waals surface area contributed by atoms with E-state index in [-0.39, 0.29) is 5.96 Å². The number of ether oxygens (including phenoxy) is 1. The monoisotopic (exact) mass is 292 g/mol. The van der Waals surface area contributed by atoms with Crippen molar-refractivity contribution in [3.05, 3.63) is 23.3 Å². The molecule has 0 bridgehead atoms. The minimum Gasteiger partial charge on any atom is -0.427 e. The standard InChI is InChI=1S/C14H20N4O3/c1-5-16-13(15)18-14(20)17-12-8(2)6-11(7-9(12)3)21-10(4)19/h6-7H,5H2,1-4H3,(H4,15,16,17,18,20). The topological polar surface area (TPSA) is 106 Å². The third kappa shape index (κ3) is 5.13. The van der Waals surface area contributed by atoms with E-state index in [0.717, 1.165) is 11.1 Å². The minimum atomic E-state index is -0.476. The second-order valence-electron chi connectivity index (χ2n) is 4.46. The third-order valence-corrected chi connectivity index (χ3v) is 2.58. The van der Waals surface area contributed by atoms with Crippen LogP contribution in [0.4, 0.5) is 10.5 Å². The number of benzene rings is 1. The van der Waals surface area contributed by atoms with Crippen molar-refractivity contribution < 1.29 is 14.3 Å². The molecule has 1 aromatic rings. The predicted molar refractivity (Wildman–Crippen MR) is 81.5 cm³/mol. The summed E-state index contributed by atoms with van der Waals surface area (Å²) in [4.78, 5) is 26.6. The number of carbonyl (C=O) groups is 2. The molecular weight excluding hydrogens is 272 g/mol. The molecule has 21 heavy (non-hydrogen) atoms. The van der Waals surface area contributed by atoms with E-state index in [0.29, 0.717) is 18.0 Å². The zero-order valence-corrected chi connectivity index (χ0v) is 12.6. The molecule has 4 N–H and O–H groups in total. The number of hydrogen-bond donors (Lipinski definition) is 3. The van der Waals surface area contributed by atoms with Gasteiger partial charge in [0, 0.05) is 19.2 Å². The van der Waals surface area contributed by atoms with E-state index in [1.807, 2.05) is 6.92 Å². The van der Waals surface area contributed by atoms with Crippen LogP contribution in [0.1, 0.15) is 25.0 Å². The number of guanidine groups is 1. The molecule has 0 saturated heterocycles. The Kier molecular flexibility index (Phi) is 5.71. The molecule has 0 saturated carbocycles. The van der Waals surface area contributed by atoms with Crippen molar-refractivity contribution >= 4 is 23.6 Å². The van der Waals surface area contributed by atoms with Gasteiger partial charge in [-0.3, -0.25) is 15.1 Å². The van der Waals surface area contributed by atoms with Gasteiger partial charge < -0.3 is 15.8 Å². The third-order valence-electron chi connectivity index (χ3n) is 2.58. The SMILES string of the molecule is CCN=C(N)NC(=O)Nc1c(C)cc(OC(C)=O)cc1C. The number of amides is 2. The Hall–Kier alpha value is -2.57. The summed E-state index contributed by atoms with van der Waals surface area (Å²) < 4.78 is 5.03. The first-order chi connectivity index (χ1) is 9.83. The maximum atomic E-state index is 11.8. The Morgan fingerprint density at radius 3 is 2.33 bits per heavy atom. The highest BCUT2D eigenvalue weighted by atomic mass is 16.5. The van der Waals surface area contributed by atoms with Crippen LogP contribution in [0.5, 0.6) is 5.75 Å². The molecule has 0 aromatic heterocycles. The minimum absolute atomic E-state index is 0.0573. The molecule has 0 aliphatic heterocycles. The number of carbonyl (C=O) groups excluding carboxylic acids is 2. The molecule has 0 aliphatic rings. The first-order valence-corrected chi connectivity index (χ1v) is 6.51. The lowest BCUT2D eigenvalue weighted by atomic mass is 10.1. The fourth-order valence-corrected chi connectivity index (χ4v) is 1.82. The van der Waals surface area contributed by atoms with Crippen LogP contribution in [-0.2, 0) is 4.79 Å². The van der Waals surface area contributed by atoms with Crippen molar-refractivity contribution in [3.63, 3.8) is 0 Å². The Morgan fingerprint density at radius 1 is 1.29 bits per heavy atom. The second kappa shape index (κ2) is 7.28. The Morgan fingerprint density at radius 2 is 1.86 bits per heavy atom. The number of aliphatic imine (C=N–C) groups is 1. The van der Waals surface area contributed by atoms with Crippen molar-refractivity contribution in [2.24, 2.45) is 10.7 Å². The van der Waals surface area contributed by atoms with Crippen LogP contribution in [-0.4, -0.2) is 24.5 Å². The number of urea groups is 1. The number of anilines is 1. The van der Waals surface area contributed by atoms with E-state index >= 15 is 0 Å². The van der Waals surface area contributed by atoms with Crippen molar-refractivity contribution in [2.45, 2.75) is 27.7 Å². The summed E-state index contributed by atoms with van der Waals surface area (Å²) in [5.74, 6) is 0.105. The molecule has 7 heteroatoms. The summed E-state index contributed by atoms with van der Waals surface area (Å²) >= 11 is 0. The van der Waals surface area contributed by atoms with Gasteiger partial charge in [-0.05, 0) is 44.0 Å². The molecule has 0 spiro atoms. The summed E-state index contributed by atoms with van der Waals surface area (Å²) in [6, 6.07) is 2.87. The van der Waals surface area contributed by atoms with Crippen LogP contribution in [0.15, 0.2) is 17.1 Å². The van der Waals surface area contributed by atoms with Crippen molar-refractivity contribution in [1.82, 2.24) is 5.32 Å². The van der Waals surface area contributed by atoms with Crippen molar-refractivity contribution in [2.75, 3.05) is 11.9 Å². The van der Waals surface area contributed by atoms with E-state index in [1.54, 1.807) is 26.0 Å². The van der Waals surface area contributed by atoms with Gasteiger partial charge in [0.2, 0.25) is 0 Å². The molecule has 0 atom stereocenters. The van der Waals surface area contributed by atoms with Gasteiger partial charge in [-0.25, -0.2) is 4.79 Å². The summed E-state index contributed by atoms with van der Waals surface area (Å²) in [5.41, 5.74) is 7.69. The number of nitrogens with zero attached hydrogens (tertiary/aromatic N) is 1. The molecule has 114 valence electrons. The molecule has 0 radical (unpaired) electrons. The normalized spacial score (nSPS) is 11.0. The number of nitrogens with one attached hydrogen (secondary N) is 2. The number of rotatable bonds is 3. The van der Waals surface area contributed by atoms with E-state index < -0.39 is 12.0 Å². The molecule has 2 amide bonds. The molecule has 1 aromatic carbocycles. The van der Waals surface area contributed by atoms with Crippen molar-refractivity contribution in [1.29, 1.82) is 0 Å². The van der Waals surface area contributed by atoms with Gasteiger partial charge in [-0.1, -0.05) is 0 Å². The average molecular weight is 292 g/mol. The molecular formula is C14H20N4O3. The van der Waals surface area contributed by atoms with Crippen molar-refractivity contribution in [3.8, 4) is 5.75 Å². The van der Waals surface area contributed by atoms with Crippen LogP contribution < -0.4 is 21.1 Å². The molecule has 7 nitrogen and oxygen atoms in total. The van der Waals surface area contributed by atoms with Gasteiger partial charge in [0.05, 0.1) is 0 Å². The van der Waals surface area contributed by atoms with E-state index in [1.165, 1.54) is 6.92 Å². The lowest BCUT2D eigenvalue weighted by Gasteiger charge is -2.14. The van der Waals surface area contributed by atoms with E-state index in [4.69, 9.17) is 10.5 Å². The number of hydrogen-bond acceptors (Lipinski definition) is 4. The molecule has 0 fully saturated rings. The fourth-order valence-electron chi connectivity index (χ4n) is 1.82. The van der Waals surface area contributed by atoms with Crippen LogP contribution >= 0.6 is 0 Å². The number of esters is 1. The van der Waals surface area contributed by atoms with Crippen LogP contribution in [0.3, 0.4) is 0 Å². The highest BCUT2D eigenvalue weighted by Gasteiger charge is 2.11. The van der Waals surface area contributed by atoms with Crippen LogP contribution in [0.25, 0.3) is 0 Å². The second-order valence-corrected chi connectivity index (χ2v) is 4.46. The quantitative estimate of drug-likeness (QED) is 0.341. The predicted octanol–water partition coefficient (Wildman–Crippen LogP) is 1.68. The van der Waals surface area contributed by atoms with Gasteiger partial charge in [-0.2, -0.15) is 0 Å². The molecule has 0 heterocycles. The van der Waals surface area contributed by atoms with Gasteiger partial charge in [0.15, 0.2) is 5.96 Å². The number of aryl methyl sites for hydroxylation is 2. The molecule has 0 unspecified atom stereocenters. The zero-order chi connectivity index (χ0) is 16.0. The first kappa shape index (κ1) is 16.5. The molecule has 1 rings (SSSR count). The zero-order valence-electron chi connectivity index (χ0n) is 12.6. The van der Waals surface area contributed by atoms with E-state index in [2.05, 4.69) is 15.6 Å². The maximum Gasteiger partial charge on any atom is 0.326 e. The lowest BCUT2D eigenvalue weighted by Crippen LogP contribution is -2.39. The van der Waals surface area contributed by atoms with Gasteiger partial charge >= 0.3 is 12.0 Å². The lowest BCUT2D eigenvalue weighted by molar-refractivity contribution is -0.131. The van der Waals surface area contributed by atoms with Gasteiger partial charge in [-0.15, -0.1) is 0 Å². The molecule has 0 aliphatic carbocycles. The summed E-state index contributed by atoms with van der Waals surface area (Å²) in [7, 11) is 0. The van der Waals surface area contributed by atoms with Gasteiger partial charge in [0.1, 0.15) is 5.75 Å². The Balaban J connectivity index is 2.87. The summed E-state index contributed by atoms with van der Waals surface area (Å²) in [6.07, 6.45) is 0. The smallest absolute Gasteiger partial charge is 0.326 e. The maximum absolute atomic E-state index is 11.8. The van der Waals surface area contributed by atoms with Crippen LogP contribution in [0, 0.1) is 13.8 Å². The van der Waals surface area contributed by atoms with Gasteiger partial charge in [0.25, 0.3) is 0 Å². The summed E-state index contributed by atoms with van der Waals surface area (Å²) in [5, 5.41) is 5.12. The summed E-state index contributed by atoms with van der Waals surface area (Å²) in [6.45, 7) is 7.24. The highest BCUT2D eigenvalue weighted by molar-refractivity contribution is 6.02.